The van der Waals surface area contributed by atoms with Crippen LogP contribution in [-0.2, 0) is 26.3 Å². The quantitative estimate of drug-likeness (QED) is 0.572. The van der Waals surface area contributed by atoms with Gasteiger partial charge < -0.3 is 0 Å². The largest absolute Gasteiger partial charge is 0.122 e. The number of rotatable bonds is 2. The molecular weight excluding hydrogens is 262 g/mol. The molecule has 0 heterocycles. The molecule has 0 nitrogen and oxygen atoms in total. The van der Waals surface area contributed by atoms with Crippen molar-refractivity contribution in [2.75, 3.05) is 0 Å². The predicted molar refractivity (Wildman–Crippen MR) is 50.1 cm³/mol. The van der Waals surface area contributed by atoms with E-state index < -0.39 is 0 Å². The van der Waals surface area contributed by atoms with E-state index in [9.17, 15) is 0 Å². The summed E-state index contributed by atoms with van der Waals surface area (Å²) in [6.07, 6.45) is 0. The first-order valence-corrected chi connectivity index (χ1v) is 4.42. The first-order valence-electron chi connectivity index (χ1n) is 3.89. The SMILES string of the molecule is CC(C)c1cccc(CCl)c1.[Pd]. The molecule has 0 unspecified atom stereocenters. The maximum atomic E-state index is 5.70. The molecule has 2 heteroatoms. The molecule has 0 spiro atoms. The summed E-state index contributed by atoms with van der Waals surface area (Å²) in [7, 11) is 0. The molecule has 0 aliphatic heterocycles. The molecular formula is C10H13ClPd. The molecule has 0 N–H and O–H groups in total. The van der Waals surface area contributed by atoms with E-state index in [0.29, 0.717) is 11.8 Å². The van der Waals surface area contributed by atoms with Crippen LogP contribution in [0.15, 0.2) is 24.3 Å². The van der Waals surface area contributed by atoms with Crippen LogP contribution in [-0.4, -0.2) is 0 Å². The van der Waals surface area contributed by atoms with Gasteiger partial charge >= 0.3 is 0 Å². The number of alkyl halides is 1. The Morgan fingerprint density at radius 2 is 2.00 bits per heavy atom. The van der Waals surface area contributed by atoms with E-state index in [0.717, 1.165) is 0 Å². The van der Waals surface area contributed by atoms with Crippen molar-refractivity contribution in [2.45, 2.75) is 25.6 Å². The van der Waals surface area contributed by atoms with Crippen LogP contribution >= 0.6 is 11.6 Å². The third-order valence-corrected chi connectivity index (χ3v) is 2.08. The molecule has 0 saturated heterocycles. The summed E-state index contributed by atoms with van der Waals surface area (Å²) in [4.78, 5) is 0. The molecule has 0 saturated carbocycles. The normalized spacial score (nSPS) is 9.67. The molecule has 0 aliphatic carbocycles. The zero-order chi connectivity index (χ0) is 8.27. The van der Waals surface area contributed by atoms with Gasteiger partial charge in [0.05, 0.1) is 0 Å². The Labute approximate surface area is 93.0 Å². The van der Waals surface area contributed by atoms with Crippen LogP contribution < -0.4 is 0 Å². The third kappa shape index (κ3) is 3.27. The van der Waals surface area contributed by atoms with Gasteiger partial charge in [0, 0.05) is 26.3 Å². The van der Waals surface area contributed by atoms with Gasteiger partial charge in [-0.15, -0.1) is 11.6 Å². The van der Waals surface area contributed by atoms with E-state index in [1.807, 2.05) is 0 Å². The Bertz CT molecular complexity index is 233. The minimum absolute atomic E-state index is 0. The second-order valence-corrected chi connectivity index (χ2v) is 3.30. The summed E-state index contributed by atoms with van der Waals surface area (Å²) in [6.45, 7) is 4.38. The topological polar surface area (TPSA) is 0 Å². The molecule has 0 radical (unpaired) electrons. The monoisotopic (exact) mass is 274 g/mol. The van der Waals surface area contributed by atoms with Crippen molar-refractivity contribution in [3.05, 3.63) is 35.4 Å². The standard InChI is InChI=1S/C10H13Cl.Pd/c1-8(2)10-5-3-4-9(6-10)7-11;/h3-6,8H,7H2,1-2H3;. The fraction of sp³-hybridized carbons (Fsp3) is 0.400. The second-order valence-electron chi connectivity index (χ2n) is 3.03. The molecule has 70 valence electrons. The maximum Gasteiger partial charge on any atom is 0.0474 e. The van der Waals surface area contributed by atoms with Crippen molar-refractivity contribution in [3.63, 3.8) is 0 Å². The van der Waals surface area contributed by atoms with Crippen LogP contribution in [0.4, 0.5) is 0 Å². The van der Waals surface area contributed by atoms with Gasteiger partial charge in [0.15, 0.2) is 0 Å². The van der Waals surface area contributed by atoms with Crippen LogP contribution in [0.3, 0.4) is 0 Å². The van der Waals surface area contributed by atoms with Crippen molar-refractivity contribution in [3.8, 4) is 0 Å². The van der Waals surface area contributed by atoms with E-state index in [2.05, 4.69) is 38.1 Å². The van der Waals surface area contributed by atoms with Gasteiger partial charge in [0.2, 0.25) is 0 Å². The molecule has 0 atom stereocenters. The van der Waals surface area contributed by atoms with Crippen molar-refractivity contribution in [1.29, 1.82) is 0 Å². The molecule has 0 bridgehead atoms. The van der Waals surface area contributed by atoms with Crippen LogP contribution in [0, 0.1) is 0 Å². The third-order valence-electron chi connectivity index (χ3n) is 1.77. The van der Waals surface area contributed by atoms with Gasteiger partial charge in [-0.3, -0.25) is 0 Å². The second kappa shape index (κ2) is 5.76. The van der Waals surface area contributed by atoms with Crippen molar-refractivity contribution >= 4 is 11.6 Å². The Balaban J connectivity index is 0.00000121. The molecule has 1 aromatic carbocycles. The Morgan fingerprint density at radius 3 is 2.50 bits per heavy atom. The summed E-state index contributed by atoms with van der Waals surface area (Å²) < 4.78 is 0. The van der Waals surface area contributed by atoms with Crippen LogP contribution in [0.25, 0.3) is 0 Å². The molecule has 0 fully saturated rings. The summed E-state index contributed by atoms with van der Waals surface area (Å²) in [6, 6.07) is 8.42. The van der Waals surface area contributed by atoms with Gasteiger partial charge in [-0.2, -0.15) is 0 Å². The van der Waals surface area contributed by atoms with Crippen LogP contribution in [0.2, 0.25) is 0 Å². The van der Waals surface area contributed by atoms with Crippen molar-refractivity contribution < 1.29 is 20.4 Å². The molecule has 1 aromatic rings. The van der Waals surface area contributed by atoms with Gasteiger partial charge in [-0.05, 0) is 17.0 Å². The maximum absolute atomic E-state index is 5.70. The number of hydrogen-bond acceptors (Lipinski definition) is 0. The van der Waals surface area contributed by atoms with Crippen LogP contribution in [0.5, 0.6) is 0 Å². The average Bonchev–Trinajstić information content (AvgIpc) is 2.05. The minimum atomic E-state index is 0. The zero-order valence-corrected chi connectivity index (χ0v) is 9.60. The van der Waals surface area contributed by atoms with Gasteiger partial charge in [-0.1, -0.05) is 38.1 Å². The number of hydrogen-bond donors (Lipinski definition) is 0. The van der Waals surface area contributed by atoms with Crippen LogP contribution in [0.1, 0.15) is 30.9 Å². The first kappa shape index (κ1) is 12.2. The molecule has 0 aliphatic rings. The van der Waals surface area contributed by atoms with Gasteiger partial charge in [0.25, 0.3) is 0 Å². The number of benzene rings is 1. The summed E-state index contributed by atoms with van der Waals surface area (Å²) in [5, 5.41) is 0. The fourth-order valence-corrected chi connectivity index (χ4v) is 1.20. The van der Waals surface area contributed by atoms with Gasteiger partial charge in [0.1, 0.15) is 0 Å². The summed E-state index contributed by atoms with van der Waals surface area (Å²) >= 11 is 5.70. The molecule has 12 heavy (non-hydrogen) atoms. The summed E-state index contributed by atoms with van der Waals surface area (Å²) in [5.41, 5.74) is 2.57. The van der Waals surface area contributed by atoms with Crippen molar-refractivity contribution in [2.24, 2.45) is 0 Å². The average molecular weight is 275 g/mol. The van der Waals surface area contributed by atoms with E-state index >= 15 is 0 Å². The van der Waals surface area contributed by atoms with E-state index in [1.165, 1.54) is 11.1 Å². The smallest absolute Gasteiger partial charge is 0.0474 e. The van der Waals surface area contributed by atoms with E-state index in [-0.39, 0.29) is 20.4 Å². The Hall–Kier alpha value is 0.172. The summed E-state index contributed by atoms with van der Waals surface area (Å²) in [5.74, 6) is 1.21. The zero-order valence-electron chi connectivity index (χ0n) is 7.29. The Morgan fingerprint density at radius 1 is 1.33 bits per heavy atom. The molecule has 1 rings (SSSR count). The number of halogens is 1. The predicted octanol–water partition coefficient (Wildman–Crippen LogP) is 3.55. The Kier molecular flexibility index (Phi) is 5.84. The molecule has 0 amide bonds. The van der Waals surface area contributed by atoms with Crippen molar-refractivity contribution in [1.82, 2.24) is 0 Å². The molecule has 0 aromatic heterocycles. The fourth-order valence-electron chi connectivity index (χ4n) is 1.04. The minimum Gasteiger partial charge on any atom is -0.122 e. The van der Waals surface area contributed by atoms with E-state index in [4.69, 9.17) is 11.6 Å². The first-order chi connectivity index (χ1) is 5.24. The van der Waals surface area contributed by atoms with E-state index in [1.54, 1.807) is 0 Å². The van der Waals surface area contributed by atoms with Gasteiger partial charge in [-0.25, -0.2) is 0 Å².